The molecule has 6 atom stereocenters. The van der Waals surface area contributed by atoms with E-state index in [0.717, 1.165) is 51.4 Å². The molecule has 6 heterocycles. The first-order valence-corrected chi connectivity index (χ1v) is 14.1. The van der Waals surface area contributed by atoms with Gasteiger partial charge in [0.2, 0.25) is 0 Å². The average Bonchev–Trinajstić information content (AvgIpc) is 3.63. The van der Waals surface area contributed by atoms with Crippen LogP contribution in [-0.4, -0.2) is 159 Å². The quantitative estimate of drug-likeness (QED) is 0.597. The number of nitrogens with zero attached hydrogens (tertiary/aromatic N) is 5. The van der Waals surface area contributed by atoms with Crippen LogP contribution in [0.15, 0.2) is 0 Å². The molecular formula is C26H50F2N6O. The maximum Gasteiger partial charge on any atom is 0.106 e. The molecule has 6 saturated heterocycles. The molecule has 6 aliphatic rings. The Kier molecular flexibility index (Phi) is 10.6. The van der Waals surface area contributed by atoms with Gasteiger partial charge in [0.15, 0.2) is 0 Å². The van der Waals surface area contributed by atoms with Gasteiger partial charge in [-0.15, -0.1) is 0 Å². The zero-order valence-corrected chi connectivity index (χ0v) is 22.1. The number of fused-ring (bicyclic) bond motifs is 3. The van der Waals surface area contributed by atoms with Gasteiger partial charge in [0.25, 0.3) is 0 Å². The molecule has 0 saturated carbocycles. The van der Waals surface area contributed by atoms with Crippen LogP contribution in [0.2, 0.25) is 0 Å². The molecule has 0 aromatic carbocycles. The van der Waals surface area contributed by atoms with Gasteiger partial charge in [-0.1, -0.05) is 0 Å². The SMILES string of the molecule is CN1CC2CCCN2CC1CF.CN1CC2CCCN2CC1CO.FCC1CN2CCCC2CN1. The highest BCUT2D eigenvalue weighted by atomic mass is 19.1. The zero-order valence-electron chi connectivity index (χ0n) is 22.1. The van der Waals surface area contributed by atoms with E-state index < -0.39 is 0 Å². The van der Waals surface area contributed by atoms with Crippen LogP contribution < -0.4 is 5.32 Å². The van der Waals surface area contributed by atoms with Gasteiger partial charge in [0.1, 0.15) is 13.3 Å². The van der Waals surface area contributed by atoms with Crippen LogP contribution in [0.3, 0.4) is 0 Å². The van der Waals surface area contributed by atoms with Crippen molar-refractivity contribution in [3.05, 3.63) is 0 Å². The van der Waals surface area contributed by atoms with E-state index in [9.17, 15) is 8.78 Å². The van der Waals surface area contributed by atoms with Gasteiger partial charge in [-0.3, -0.25) is 24.5 Å². The van der Waals surface area contributed by atoms with Crippen LogP contribution in [0.1, 0.15) is 38.5 Å². The molecule has 7 nitrogen and oxygen atoms in total. The maximum absolute atomic E-state index is 12.5. The molecule has 6 aliphatic heterocycles. The van der Waals surface area contributed by atoms with Gasteiger partial charge in [0, 0.05) is 69.5 Å². The Morgan fingerprint density at radius 1 is 0.686 bits per heavy atom. The van der Waals surface area contributed by atoms with Gasteiger partial charge >= 0.3 is 0 Å². The minimum atomic E-state index is -0.219. The summed E-state index contributed by atoms with van der Waals surface area (Å²) >= 11 is 0. The standard InChI is InChI=1S/C9H17FN2.C9H18N2O.C8H15FN2/c1-11-6-8-3-2-4-12(8)7-9(11)5-10;1-10-5-8-3-2-4-11(8)6-9(10)7-12;9-4-7-6-11-3-1-2-8(11)5-10-7/h8-9H,2-7H2,1H3;8-9,12H,2-7H2,1H3;7-8,10H,1-6H2. The monoisotopic (exact) mass is 500 g/mol. The highest BCUT2D eigenvalue weighted by Crippen LogP contribution is 2.24. The van der Waals surface area contributed by atoms with Gasteiger partial charge in [-0.05, 0) is 72.3 Å². The molecule has 9 heteroatoms. The molecule has 2 N–H and O–H groups in total. The topological polar surface area (TPSA) is 48.5 Å². The van der Waals surface area contributed by atoms with Crippen LogP contribution in [0.25, 0.3) is 0 Å². The molecule has 204 valence electrons. The normalized spacial score (nSPS) is 38.7. The molecule has 0 spiro atoms. The van der Waals surface area contributed by atoms with Gasteiger partial charge < -0.3 is 10.4 Å². The van der Waals surface area contributed by atoms with Gasteiger partial charge in [0.05, 0.1) is 12.6 Å². The number of likely N-dealkylation sites (N-methyl/N-ethyl adjacent to an activating group) is 2. The summed E-state index contributed by atoms with van der Waals surface area (Å²) in [5, 5.41) is 12.3. The molecular weight excluding hydrogens is 450 g/mol. The predicted octanol–water partition coefficient (Wildman–Crippen LogP) is 0.884. The third-order valence-electron chi connectivity index (χ3n) is 9.30. The lowest BCUT2D eigenvalue weighted by atomic mass is 10.1. The summed E-state index contributed by atoms with van der Waals surface area (Å²) in [7, 11) is 4.16. The average molecular weight is 501 g/mol. The van der Waals surface area contributed by atoms with E-state index in [2.05, 4.69) is 36.9 Å². The number of hydrogen-bond donors (Lipinski definition) is 2. The van der Waals surface area contributed by atoms with E-state index in [1.54, 1.807) is 0 Å². The fourth-order valence-corrected chi connectivity index (χ4v) is 6.95. The number of halogens is 2. The molecule has 0 amide bonds. The van der Waals surface area contributed by atoms with Gasteiger partial charge in [-0.25, -0.2) is 8.78 Å². The first-order chi connectivity index (χ1) is 17.0. The molecule has 0 aromatic heterocycles. The van der Waals surface area contributed by atoms with E-state index in [0.29, 0.717) is 18.7 Å². The summed E-state index contributed by atoms with van der Waals surface area (Å²) in [5.41, 5.74) is 0. The molecule has 6 unspecified atom stereocenters. The second kappa shape index (κ2) is 13.4. The first kappa shape index (κ1) is 27.6. The summed E-state index contributed by atoms with van der Waals surface area (Å²) in [6.07, 6.45) is 7.90. The van der Waals surface area contributed by atoms with Crippen LogP contribution in [0.4, 0.5) is 8.78 Å². The van der Waals surface area contributed by atoms with Crippen molar-refractivity contribution in [2.24, 2.45) is 0 Å². The van der Waals surface area contributed by atoms with Crippen molar-refractivity contribution in [1.29, 1.82) is 0 Å². The third-order valence-corrected chi connectivity index (χ3v) is 9.30. The molecule has 0 bridgehead atoms. The fraction of sp³-hybridized carbons (Fsp3) is 1.00. The molecule has 0 aliphatic carbocycles. The number of aliphatic hydroxyl groups excluding tert-OH is 1. The zero-order chi connectivity index (χ0) is 24.8. The van der Waals surface area contributed by atoms with Crippen molar-refractivity contribution >= 4 is 0 Å². The summed E-state index contributed by atoms with van der Waals surface area (Å²) in [5.74, 6) is 0. The van der Waals surface area contributed by atoms with Gasteiger partial charge in [-0.2, -0.15) is 0 Å². The van der Waals surface area contributed by atoms with Crippen LogP contribution >= 0.6 is 0 Å². The molecule has 6 fully saturated rings. The number of nitrogens with one attached hydrogen (secondary N) is 1. The van der Waals surface area contributed by atoms with Crippen molar-refractivity contribution in [2.75, 3.05) is 93.0 Å². The van der Waals surface area contributed by atoms with Crippen LogP contribution in [-0.2, 0) is 0 Å². The lowest BCUT2D eigenvalue weighted by Crippen LogP contribution is -2.55. The highest BCUT2D eigenvalue weighted by molar-refractivity contribution is 4.92. The van der Waals surface area contributed by atoms with E-state index in [1.165, 1.54) is 58.2 Å². The fourth-order valence-electron chi connectivity index (χ4n) is 6.95. The van der Waals surface area contributed by atoms with Crippen molar-refractivity contribution < 1.29 is 13.9 Å². The number of piperazine rings is 3. The first-order valence-electron chi connectivity index (χ1n) is 14.1. The number of rotatable bonds is 3. The molecule has 35 heavy (non-hydrogen) atoms. The largest absolute Gasteiger partial charge is 0.395 e. The smallest absolute Gasteiger partial charge is 0.106 e. The summed E-state index contributed by atoms with van der Waals surface area (Å²) in [6.45, 7) is 9.64. The van der Waals surface area contributed by atoms with E-state index >= 15 is 0 Å². The lowest BCUT2D eigenvalue weighted by molar-refractivity contribution is 0.0390. The predicted molar refractivity (Wildman–Crippen MR) is 137 cm³/mol. The summed E-state index contributed by atoms with van der Waals surface area (Å²) < 4.78 is 24.8. The lowest BCUT2D eigenvalue weighted by Gasteiger charge is -2.41. The Labute approximate surface area is 211 Å². The van der Waals surface area contributed by atoms with Crippen molar-refractivity contribution in [3.63, 3.8) is 0 Å². The Bertz CT molecular complexity index is 597. The van der Waals surface area contributed by atoms with Crippen molar-refractivity contribution in [2.45, 2.75) is 74.8 Å². The van der Waals surface area contributed by atoms with E-state index in [-0.39, 0.29) is 25.4 Å². The molecule has 0 radical (unpaired) electrons. The minimum Gasteiger partial charge on any atom is -0.395 e. The van der Waals surface area contributed by atoms with E-state index in [1.807, 2.05) is 7.05 Å². The van der Waals surface area contributed by atoms with Crippen LogP contribution in [0.5, 0.6) is 0 Å². The number of aliphatic hydroxyl groups is 1. The Hall–Kier alpha value is -0.420. The highest BCUT2D eigenvalue weighted by Gasteiger charge is 2.35. The Morgan fingerprint density at radius 3 is 1.74 bits per heavy atom. The molecule has 0 aromatic rings. The van der Waals surface area contributed by atoms with E-state index in [4.69, 9.17) is 5.11 Å². The number of hydrogen-bond acceptors (Lipinski definition) is 7. The van der Waals surface area contributed by atoms with Crippen molar-refractivity contribution in [3.8, 4) is 0 Å². The summed E-state index contributed by atoms with van der Waals surface area (Å²) in [4.78, 5) is 11.9. The second-order valence-electron chi connectivity index (χ2n) is 11.7. The summed E-state index contributed by atoms with van der Waals surface area (Å²) in [6, 6.07) is 2.83. The minimum absolute atomic E-state index is 0.101. The second-order valence-corrected chi connectivity index (χ2v) is 11.7. The van der Waals surface area contributed by atoms with Crippen LogP contribution in [0, 0.1) is 0 Å². The maximum atomic E-state index is 12.5. The Balaban J connectivity index is 0.000000124. The Morgan fingerprint density at radius 2 is 1.20 bits per heavy atom. The number of alkyl halides is 2. The van der Waals surface area contributed by atoms with Crippen molar-refractivity contribution in [1.82, 2.24) is 29.8 Å². The molecule has 6 rings (SSSR count). The third kappa shape index (κ3) is 7.12.